The van der Waals surface area contributed by atoms with Crippen LogP contribution in [0.4, 0.5) is 17.2 Å². The predicted octanol–water partition coefficient (Wildman–Crippen LogP) is 4.61. The van der Waals surface area contributed by atoms with Crippen molar-refractivity contribution in [3.63, 3.8) is 0 Å². The van der Waals surface area contributed by atoms with Crippen molar-refractivity contribution in [2.75, 3.05) is 24.0 Å². The molecule has 1 aromatic heterocycles. The van der Waals surface area contributed by atoms with E-state index < -0.39 is 0 Å². The van der Waals surface area contributed by atoms with Crippen LogP contribution in [-0.4, -0.2) is 29.2 Å². The Bertz CT molecular complexity index is 1120. The monoisotopic (exact) mass is 417 g/mol. The van der Waals surface area contributed by atoms with Crippen molar-refractivity contribution in [1.82, 2.24) is 9.97 Å². The normalized spacial score (nSPS) is 10.0. The third kappa shape index (κ3) is 4.77. The van der Waals surface area contributed by atoms with E-state index in [1.54, 1.807) is 25.3 Å². The minimum atomic E-state index is -0.318. The average molecular weight is 417 g/mol. The molecule has 0 aliphatic carbocycles. The summed E-state index contributed by atoms with van der Waals surface area (Å²) < 4.78 is 5.18. The largest absolute Gasteiger partial charge is 0.497 e. The van der Waals surface area contributed by atoms with Crippen molar-refractivity contribution in [1.29, 1.82) is 5.26 Å². The second-order valence-electron chi connectivity index (χ2n) is 6.02. The molecule has 0 spiro atoms. The minimum absolute atomic E-state index is 0.302. The number of hydrogen-bond acceptors (Lipinski definition) is 7. The summed E-state index contributed by atoms with van der Waals surface area (Å²) in [5.74, 6) is 0.812. The quantitative estimate of drug-likeness (QED) is 0.329. The van der Waals surface area contributed by atoms with Crippen molar-refractivity contribution < 1.29 is 9.53 Å². The lowest BCUT2D eigenvalue weighted by Gasteiger charge is -2.13. The average Bonchev–Trinajstić information content (AvgIpc) is 2.79. The third-order valence-corrected chi connectivity index (χ3v) is 4.67. The van der Waals surface area contributed by atoms with Crippen LogP contribution in [0.5, 0.6) is 5.75 Å². The maximum absolute atomic E-state index is 11.6. The Morgan fingerprint density at radius 2 is 1.97 bits per heavy atom. The summed E-state index contributed by atoms with van der Waals surface area (Å²) in [5.41, 5.74) is 2.80. The van der Waals surface area contributed by atoms with Crippen molar-refractivity contribution in [2.24, 2.45) is 0 Å². The Morgan fingerprint density at radius 1 is 1.20 bits per heavy atom. The Morgan fingerprint density at radius 3 is 2.60 bits per heavy atom. The molecule has 0 atom stereocenters. The highest BCUT2D eigenvalue weighted by Crippen LogP contribution is 2.31. The summed E-state index contributed by atoms with van der Waals surface area (Å²) in [5, 5.41) is 16.3. The van der Waals surface area contributed by atoms with E-state index in [1.165, 1.54) is 17.8 Å². The van der Waals surface area contributed by atoms with Crippen molar-refractivity contribution in [3.8, 4) is 23.1 Å². The molecule has 150 valence electrons. The first-order valence-corrected chi connectivity index (χ1v) is 10.1. The highest BCUT2D eigenvalue weighted by atomic mass is 32.2. The number of thioether (sulfide) groups is 1. The Balaban J connectivity index is 2.05. The van der Waals surface area contributed by atoms with Crippen LogP contribution >= 0.6 is 11.8 Å². The van der Waals surface area contributed by atoms with Crippen LogP contribution in [0.15, 0.2) is 66.3 Å². The van der Waals surface area contributed by atoms with Crippen LogP contribution in [0.1, 0.15) is 5.56 Å². The summed E-state index contributed by atoms with van der Waals surface area (Å²) in [6.45, 7) is 3.46. The molecule has 30 heavy (non-hydrogen) atoms. The van der Waals surface area contributed by atoms with E-state index in [0.717, 1.165) is 11.4 Å². The van der Waals surface area contributed by atoms with Crippen LogP contribution < -0.4 is 15.4 Å². The summed E-state index contributed by atoms with van der Waals surface area (Å²) in [6.07, 6.45) is 3.06. The number of hydrogen-bond donors (Lipinski definition) is 2. The SMILES string of the molecule is C=CC(=O)Nc1cccc(-c2nc(SC)nc(Nc3ccc(OC)cc3)c2C#N)c1. The number of ether oxygens (including phenoxy) is 1. The van der Waals surface area contributed by atoms with E-state index >= 15 is 0 Å². The molecule has 0 aliphatic rings. The van der Waals surface area contributed by atoms with Crippen molar-refractivity contribution in [3.05, 3.63) is 66.7 Å². The number of anilines is 3. The van der Waals surface area contributed by atoms with E-state index in [9.17, 15) is 10.1 Å². The molecule has 3 rings (SSSR count). The van der Waals surface area contributed by atoms with E-state index in [-0.39, 0.29) is 5.91 Å². The smallest absolute Gasteiger partial charge is 0.247 e. The van der Waals surface area contributed by atoms with Crippen molar-refractivity contribution >= 4 is 34.9 Å². The van der Waals surface area contributed by atoms with Gasteiger partial charge in [0.1, 0.15) is 17.4 Å². The topological polar surface area (TPSA) is 99.9 Å². The summed E-state index contributed by atoms with van der Waals surface area (Å²) in [7, 11) is 1.60. The zero-order valence-electron chi connectivity index (χ0n) is 16.5. The maximum atomic E-state index is 11.6. The molecule has 0 saturated heterocycles. The molecule has 2 N–H and O–H groups in total. The standard InChI is InChI=1S/C22H19N5O2S/c1-4-19(28)24-16-7-5-6-14(12-16)20-18(13-23)21(27-22(26-20)30-3)25-15-8-10-17(29-2)11-9-15/h4-12H,1H2,2-3H3,(H,24,28)(H,25,26,27). The van der Waals surface area contributed by atoms with Gasteiger partial charge >= 0.3 is 0 Å². The van der Waals surface area contributed by atoms with E-state index in [4.69, 9.17) is 4.74 Å². The number of rotatable bonds is 7. The first kappa shape index (κ1) is 20.9. The summed E-state index contributed by atoms with van der Waals surface area (Å²) in [4.78, 5) is 20.6. The molecule has 2 aromatic carbocycles. The fraction of sp³-hybridized carbons (Fsp3) is 0.0909. The van der Waals surface area contributed by atoms with Gasteiger partial charge in [0.15, 0.2) is 11.0 Å². The van der Waals surface area contributed by atoms with Gasteiger partial charge in [-0.25, -0.2) is 9.97 Å². The predicted molar refractivity (Wildman–Crippen MR) is 119 cm³/mol. The van der Waals surface area contributed by atoms with Crippen LogP contribution in [0.25, 0.3) is 11.3 Å². The fourth-order valence-corrected chi connectivity index (χ4v) is 3.05. The number of nitrogens with zero attached hydrogens (tertiary/aromatic N) is 3. The lowest BCUT2D eigenvalue weighted by Crippen LogP contribution is -2.07. The zero-order chi connectivity index (χ0) is 21.5. The molecule has 0 radical (unpaired) electrons. The van der Waals surface area contributed by atoms with Gasteiger partial charge in [0.05, 0.1) is 12.8 Å². The molecular formula is C22H19N5O2S. The molecular weight excluding hydrogens is 398 g/mol. The van der Waals surface area contributed by atoms with E-state index in [2.05, 4.69) is 33.2 Å². The van der Waals surface area contributed by atoms with Gasteiger partial charge in [0.25, 0.3) is 0 Å². The number of benzene rings is 2. The Hall–Kier alpha value is -3.83. The molecule has 0 aliphatic heterocycles. The second kappa shape index (κ2) is 9.58. The van der Waals surface area contributed by atoms with Gasteiger partial charge in [-0.05, 0) is 48.7 Å². The van der Waals surface area contributed by atoms with E-state index in [1.807, 2.05) is 36.6 Å². The third-order valence-electron chi connectivity index (χ3n) is 4.12. The zero-order valence-corrected chi connectivity index (χ0v) is 17.3. The number of amides is 1. The Labute approximate surface area is 178 Å². The maximum Gasteiger partial charge on any atom is 0.247 e. The van der Waals surface area contributed by atoms with Crippen LogP contribution in [0.3, 0.4) is 0 Å². The molecule has 1 amide bonds. The van der Waals surface area contributed by atoms with Gasteiger partial charge in [-0.15, -0.1) is 0 Å². The lowest BCUT2D eigenvalue weighted by atomic mass is 10.1. The van der Waals surface area contributed by atoms with Gasteiger partial charge in [0.2, 0.25) is 5.91 Å². The second-order valence-corrected chi connectivity index (χ2v) is 6.80. The van der Waals surface area contributed by atoms with E-state index in [0.29, 0.717) is 33.5 Å². The molecule has 0 bridgehead atoms. The highest BCUT2D eigenvalue weighted by Gasteiger charge is 2.17. The summed E-state index contributed by atoms with van der Waals surface area (Å²) >= 11 is 1.37. The highest BCUT2D eigenvalue weighted by molar-refractivity contribution is 7.98. The molecule has 0 fully saturated rings. The molecule has 0 unspecified atom stereocenters. The van der Waals surface area contributed by atoms with Gasteiger partial charge in [0, 0.05) is 16.9 Å². The fourth-order valence-electron chi connectivity index (χ4n) is 2.69. The first-order valence-electron chi connectivity index (χ1n) is 8.89. The van der Waals surface area contributed by atoms with Gasteiger partial charge < -0.3 is 15.4 Å². The molecule has 0 saturated carbocycles. The van der Waals surface area contributed by atoms with Gasteiger partial charge in [-0.2, -0.15) is 5.26 Å². The number of methoxy groups -OCH3 is 1. The Kier molecular flexibility index (Phi) is 6.67. The van der Waals surface area contributed by atoms with Crippen LogP contribution in [0.2, 0.25) is 0 Å². The summed E-state index contributed by atoms with van der Waals surface area (Å²) in [6, 6.07) is 16.6. The molecule has 8 heteroatoms. The number of aromatic nitrogens is 2. The molecule has 1 heterocycles. The number of nitrogens with one attached hydrogen (secondary N) is 2. The van der Waals surface area contributed by atoms with Crippen molar-refractivity contribution in [2.45, 2.75) is 5.16 Å². The van der Waals surface area contributed by atoms with Crippen LogP contribution in [0, 0.1) is 11.3 Å². The molecule has 3 aromatic rings. The number of carbonyl (C=O) groups excluding carboxylic acids is 1. The number of carbonyl (C=O) groups is 1. The molecule has 7 nitrogen and oxygen atoms in total. The minimum Gasteiger partial charge on any atom is -0.497 e. The van der Waals surface area contributed by atoms with Gasteiger partial charge in [-0.1, -0.05) is 30.5 Å². The van der Waals surface area contributed by atoms with Gasteiger partial charge in [-0.3, -0.25) is 4.79 Å². The lowest BCUT2D eigenvalue weighted by molar-refractivity contribution is -0.111. The van der Waals surface area contributed by atoms with Crippen LogP contribution in [-0.2, 0) is 4.79 Å². The number of nitriles is 1. The first-order chi connectivity index (χ1) is 14.6.